The lowest BCUT2D eigenvalue weighted by Gasteiger charge is -2.03. The number of aliphatic hydroxyl groups excluding tert-OH is 1. The molecular weight excluding hydrogens is 151 g/mol. The first-order valence-corrected chi connectivity index (χ1v) is 3.55. The van der Waals surface area contributed by atoms with Crippen LogP contribution in [0.2, 0.25) is 0 Å². The summed E-state index contributed by atoms with van der Waals surface area (Å²) in [5.74, 6) is -0.880. The molecule has 0 aromatic carbocycles. The molecule has 0 bridgehead atoms. The predicted molar refractivity (Wildman–Crippen MR) is 35.6 cm³/mol. The van der Waals surface area contributed by atoms with Crippen molar-refractivity contribution < 1.29 is 19.0 Å². The molecule has 0 amide bonds. The zero-order chi connectivity index (χ0) is 8.43. The molecule has 1 aliphatic rings. The van der Waals surface area contributed by atoms with Crippen LogP contribution in [0.4, 0.5) is 4.39 Å². The van der Waals surface area contributed by atoms with Crippen LogP contribution in [0, 0.1) is 5.92 Å². The summed E-state index contributed by atoms with van der Waals surface area (Å²) in [6, 6.07) is 0. The number of halogens is 1. The second kappa shape index (κ2) is 3.17. The van der Waals surface area contributed by atoms with Crippen molar-refractivity contribution in [2.45, 2.75) is 25.1 Å². The first-order valence-electron chi connectivity index (χ1n) is 3.55. The Kier molecular flexibility index (Phi) is 2.44. The standard InChI is InChI=1S/C7H11FO3/c1-11-7(10)4-2-5(8)6(9)3-4/h4-6,9H,2-3H2,1H3/t4?,5-,6-/m1/s1. The minimum atomic E-state index is -1.26. The molecule has 0 aromatic heterocycles. The van der Waals surface area contributed by atoms with Crippen LogP contribution in [-0.4, -0.2) is 30.5 Å². The molecule has 1 rings (SSSR count). The van der Waals surface area contributed by atoms with Gasteiger partial charge in [-0.25, -0.2) is 4.39 Å². The van der Waals surface area contributed by atoms with Crippen molar-refractivity contribution in [1.29, 1.82) is 0 Å². The molecule has 1 saturated carbocycles. The first kappa shape index (κ1) is 8.46. The van der Waals surface area contributed by atoms with E-state index >= 15 is 0 Å². The van der Waals surface area contributed by atoms with Crippen LogP contribution in [0.15, 0.2) is 0 Å². The van der Waals surface area contributed by atoms with Crippen LogP contribution in [0.5, 0.6) is 0 Å². The summed E-state index contributed by atoms with van der Waals surface area (Å²) in [5.41, 5.74) is 0. The Morgan fingerprint density at radius 3 is 2.64 bits per heavy atom. The van der Waals surface area contributed by atoms with Crippen molar-refractivity contribution in [3.8, 4) is 0 Å². The van der Waals surface area contributed by atoms with Gasteiger partial charge in [0.2, 0.25) is 0 Å². The average Bonchev–Trinajstić information content (AvgIpc) is 2.31. The number of aliphatic hydroxyl groups is 1. The van der Waals surface area contributed by atoms with Crippen molar-refractivity contribution in [2.75, 3.05) is 7.11 Å². The van der Waals surface area contributed by atoms with E-state index in [1.54, 1.807) is 0 Å². The summed E-state index contributed by atoms with van der Waals surface area (Å²) < 4.78 is 17.0. The smallest absolute Gasteiger partial charge is 0.308 e. The van der Waals surface area contributed by atoms with E-state index in [1.165, 1.54) is 7.11 Å². The van der Waals surface area contributed by atoms with Crippen LogP contribution < -0.4 is 0 Å². The van der Waals surface area contributed by atoms with E-state index in [1.807, 2.05) is 0 Å². The Hall–Kier alpha value is -0.640. The van der Waals surface area contributed by atoms with E-state index in [2.05, 4.69) is 4.74 Å². The van der Waals surface area contributed by atoms with Gasteiger partial charge < -0.3 is 9.84 Å². The van der Waals surface area contributed by atoms with Gasteiger partial charge in [-0.3, -0.25) is 4.79 Å². The molecule has 1 fully saturated rings. The number of carbonyl (C=O) groups excluding carboxylic acids is 1. The second-order valence-corrected chi connectivity index (χ2v) is 2.77. The van der Waals surface area contributed by atoms with Gasteiger partial charge in [0.15, 0.2) is 0 Å². The molecule has 11 heavy (non-hydrogen) atoms. The predicted octanol–water partition coefficient (Wildman–Crippen LogP) is 0.268. The lowest BCUT2D eigenvalue weighted by molar-refractivity contribution is -0.145. The van der Waals surface area contributed by atoms with Gasteiger partial charge in [0.05, 0.1) is 19.1 Å². The maximum absolute atomic E-state index is 12.6. The summed E-state index contributed by atoms with van der Waals surface area (Å²) in [6.07, 6.45) is -1.97. The molecule has 0 heterocycles. The SMILES string of the molecule is COC(=O)C1C[C@@H](O)[C@H](F)C1. The molecule has 0 aromatic rings. The molecule has 4 heteroatoms. The van der Waals surface area contributed by atoms with Crippen LogP contribution >= 0.6 is 0 Å². The largest absolute Gasteiger partial charge is 0.469 e. The molecule has 3 atom stereocenters. The van der Waals surface area contributed by atoms with Crippen molar-refractivity contribution in [1.82, 2.24) is 0 Å². The van der Waals surface area contributed by atoms with Gasteiger partial charge in [-0.05, 0) is 12.8 Å². The molecule has 3 nitrogen and oxygen atoms in total. The first-order chi connectivity index (χ1) is 5.15. The zero-order valence-electron chi connectivity index (χ0n) is 6.29. The Bertz CT molecular complexity index is 150. The van der Waals surface area contributed by atoms with Crippen molar-refractivity contribution in [3.05, 3.63) is 0 Å². The third-order valence-electron chi connectivity index (χ3n) is 1.99. The topological polar surface area (TPSA) is 46.5 Å². The van der Waals surface area contributed by atoms with Gasteiger partial charge in [0.25, 0.3) is 0 Å². The third kappa shape index (κ3) is 1.68. The van der Waals surface area contributed by atoms with E-state index in [0.717, 1.165) is 0 Å². The highest BCUT2D eigenvalue weighted by atomic mass is 19.1. The minimum Gasteiger partial charge on any atom is -0.469 e. The summed E-state index contributed by atoms with van der Waals surface area (Å²) in [7, 11) is 1.26. The quantitative estimate of drug-likeness (QED) is 0.563. The Labute approximate surface area is 64.2 Å². The number of hydrogen-bond donors (Lipinski definition) is 1. The molecule has 0 spiro atoms. The zero-order valence-corrected chi connectivity index (χ0v) is 6.29. The molecule has 64 valence electrons. The van der Waals surface area contributed by atoms with Gasteiger partial charge in [-0.1, -0.05) is 0 Å². The fourth-order valence-corrected chi connectivity index (χ4v) is 1.32. The normalized spacial score (nSPS) is 37.2. The van der Waals surface area contributed by atoms with E-state index in [4.69, 9.17) is 5.11 Å². The van der Waals surface area contributed by atoms with E-state index in [-0.39, 0.29) is 12.8 Å². The van der Waals surface area contributed by atoms with E-state index in [0.29, 0.717) is 0 Å². The number of methoxy groups -OCH3 is 1. The molecular formula is C7H11FO3. The Balaban J connectivity index is 2.46. The van der Waals surface area contributed by atoms with Gasteiger partial charge in [-0.2, -0.15) is 0 Å². The lowest BCUT2D eigenvalue weighted by Crippen LogP contribution is -2.13. The number of hydrogen-bond acceptors (Lipinski definition) is 3. The number of esters is 1. The van der Waals surface area contributed by atoms with Gasteiger partial charge in [-0.15, -0.1) is 0 Å². The Morgan fingerprint density at radius 2 is 2.27 bits per heavy atom. The number of carbonyl (C=O) groups is 1. The lowest BCUT2D eigenvalue weighted by atomic mass is 10.1. The van der Waals surface area contributed by atoms with Crippen LogP contribution in [0.1, 0.15) is 12.8 Å². The molecule has 0 radical (unpaired) electrons. The number of rotatable bonds is 1. The fourth-order valence-electron chi connectivity index (χ4n) is 1.32. The second-order valence-electron chi connectivity index (χ2n) is 2.77. The molecule has 0 saturated heterocycles. The summed E-state index contributed by atoms with van der Waals surface area (Å²) in [6.45, 7) is 0. The maximum Gasteiger partial charge on any atom is 0.308 e. The highest BCUT2D eigenvalue weighted by Gasteiger charge is 2.37. The van der Waals surface area contributed by atoms with Crippen LogP contribution in [0.25, 0.3) is 0 Å². The summed E-state index contributed by atoms with van der Waals surface area (Å²) in [4.78, 5) is 10.8. The third-order valence-corrected chi connectivity index (χ3v) is 1.99. The minimum absolute atomic E-state index is 0.0911. The molecule has 0 aliphatic heterocycles. The van der Waals surface area contributed by atoms with Gasteiger partial charge >= 0.3 is 5.97 Å². The molecule has 1 N–H and O–H groups in total. The monoisotopic (exact) mass is 162 g/mol. The Morgan fingerprint density at radius 1 is 1.64 bits per heavy atom. The van der Waals surface area contributed by atoms with Crippen molar-refractivity contribution >= 4 is 5.97 Å². The highest BCUT2D eigenvalue weighted by molar-refractivity contribution is 5.72. The van der Waals surface area contributed by atoms with Crippen molar-refractivity contribution in [3.63, 3.8) is 0 Å². The van der Waals surface area contributed by atoms with Gasteiger partial charge in [0, 0.05) is 0 Å². The molecule has 1 unspecified atom stereocenters. The summed E-state index contributed by atoms with van der Waals surface area (Å²) >= 11 is 0. The number of alkyl halides is 1. The average molecular weight is 162 g/mol. The van der Waals surface area contributed by atoms with Gasteiger partial charge in [0.1, 0.15) is 6.17 Å². The summed E-state index contributed by atoms with van der Waals surface area (Å²) in [5, 5.41) is 8.93. The highest BCUT2D eigenvalue weighted by Crippen LogP contribution is 2.28. The van der Waals surface area contributed by atoms with Crippen LogP contribution in [0.3, 0.4) is 0 Å². The maximum atomic E-state index is 12.6. The van der Waals surface area contributed by atoms with E-state index in [9.17, 15) is 9.18 Å². The number of ether oxygens (including phenoxy) is 1. The fraction of sp³-hybridized carbons (Fsp3) is 0.857. The molecule has 1 aliphatic carbocycles. The van der Waals surface area contributed by atoms with E-state index < -0.39 is 24.2 Å². The van der Waals surface area contributed by atoms with Crippen LogP contribution in [-0.2, 0) is 9.53 Å². The van der Waals surface area contributed by atoms with Crippen molar-refractivity contribution in [2.24, 2.45) is 5.92 Å².